The number of carbonyl (C=O) groups excluding carboxylic acids is 2. The second-order valence-corrected chi connectivity index (χ2v) is 7.79. The van der Waals surface area contributed by atoms with Gasteiger partial charge in [0, 0.05) is 0 Å². The summed E-state index contributed by atoms with van der Waals surface area (Å²) in [4.78, 5) is 25.8. The Morgan fingerprint density at radius 2 is 1.48 bits per heavy atom. The molecule has 4 rings (SSSR count). The van der Waals surface area contributed by atoms with E-state index in [-0.39, 0.29) is 17.9 Å². The van der Waals surface area contributed by atoms with Gasteiger partial charge in [0.1, 0.15) is 43.4 Å². The van der Waals surface area contributed by atoms with E-state index >= 15 is 0 Å². The molecule has 3 heterocycles. The maximum Gasteiger partial charge on any atom is 0.263 e. The molecule has 1 aromatic carbocycles. The van der Waals surface area contributed by atoms with E-state index in [9.17, 15) is 35.1 Å². The Balaban J connectivity index is 1.36. The number of aliphatic hydroxyl groups excluding tert-OH is 5. The second-order valence-electron chi connectivity index (χ2n) is 7.79. The summed E-state index contributed by atoms with van der Waals surface area (Å²) in [5.41, 5.74) is 0.569. The minimum Gasteiger partial charge on any atom is -0.394 e. The van der Waals surface area contributed by atoms with Crippen molar-refractivity contribution in [3.05, 3.63) is 47.5 Å². The Kier molecular flexibility index (Phi) is 7.19. The minimum atomic E-state index is -1.61. The van der Waals surface area contributed by atoms with E-state index in [1.165, 1.54) is 12.2 Å². The van der Waals surface area contributed by atoms with Gasteiger partial charge < -0.3 is 44.5 Å². The lowest BCUT2D eigenvalue weighted by atomic mass is 9.99. The zero-order valence-corrected chi connectivity index (χ0v) is 17.3. The van der Waals surface area contributed by atoms with Crippen LogP contribution in [-0.4, -0.2) is 111 Å². The van der Waals surface area contributed by atoms with Crippen LogP contribution in [0.4, 0.5) is 0 Å². The molecule has 8 atom stereocenters. The predicted molar refractivity (Wildman–Crippen MR) is 106 cm³/mol. The number of hydrogen-bond donors (Lipinski definition) is 5. The summed E-state index contributed by atoms with van der Waals surface area (Å²) in [5, 5.41) is 48.9. The molecule has 0 unspecified atom stereocenters. The molecule has 12 heteroatoms. The number of nitrogens with zero attached hydrogens (tertiary/aromatic N) is 1. The first kappa shape index (κ1) is 23.9. The third-order valence-electron chi connectivity index (χ3n) is 5.70. The SMILES string of the molecule is O=C1c2ccccc2C(=O)N1CO[C@@H]1C=C[C@H](O[C@@H]2O[C@H](CO)[C@H](O)[C@H](O)[C@H]2O)[C@@H](CO)O1. The van der Waals surface area contributed by atoms with E-state index < -0.39 is 74.2 Å². The van der Waals surface area contributed by atoms with E-state index in [1.807, 2.05) is 0 Å². The summed E-state index contributed by atoms with van der Waals surface area (Å²) in [6, 6.07) is 6.41. The molecule has 0 spiro atoms. The Morgan fingerprint density at radius 3 is 2.09 bits per heavy atom. The molecule has 3 aliphatic rings. The Labute approximate surface area is 188 Å². The molecule has 180 valence electrons. The summed E-state index contributed by atoms with van der Waals surface area (Å²) in [6.45, 7) is -1.50. The lowest BCUT2D eigenvalue weighted by Gasteiger charge is -2.42. The van der Waals surface area contributed by atoms with E-state index in [2.05, 4.69) is 0 Å². The summed E-state index contributed by atoms with van der Waals surface area (Å²) < 4.78 is 22.0. The van der Waals surface area contributed by atoms with Crippen molar-refractivity contribution >= 4 is 11.8 Å². The summed E-state index contributed by atoms with van der Waals surface area (Å²) >= 11 is 0. The fourth-order valence-electron chi connectivity index (χ4n) is 3.83. The van der Waals surface area contributed by atoms with Gasteiger partial charge in [-0.1, -0.05) is 18.2 Å². The summed E-state index contributed by atoms with van der Waals surface area (Å²) in [6.07, 6.45) is -7.34. The van der Waals surface area contributed by atoms with Crippen molar-refractivity contribution in [1.82, 2.24) is 4.90 Å². The monoisotopic (exact) mass is 467 g/mol. The average molecular weight is 467 g/mol. The molecule has 0 radical (unpaired) electrons. The fourth-order valence-corrected chi connectivity index (χ4v) is 3.83. The maximum atomic E-state index is 12.4. The molecular formula is C21H25NO11. The number of aliphatic hydroxyl groups is 5. The number of rotatable bonds is 7. The smallest absolute Gasteiger partial charge is 0.263 e. The number of imide groups is 1. The quantitative estimate of drug-likeness (QED) is 0.216. The third-order valence-corrected chi connectivity index (χ3v) is 5.70. The molecular weight excluding hydrogens is 442 g/mol. The summed E-state index contributed by atoms with van der Waals surface area (Å²) in [5.74, 6) is -0.976. The van der Waals surface area contributed by atoms with Gasteiger partial charge >= 0.3 is 0 Å². The minimum absolute atomic E-state index is 0.285. The molecule has 0 aliphatic carbocycles. The first-order valence-corrected chi connectivity index (χ1v) is 10.3. The molecule has 1 aromatic rings. The number of benzene rings is 1. The van der Waals surface area contributed by atoms with Gasteiger partial charge in [-0.25, -0.2) is 4.90 Å². The highest BCUT2D eigenvalue weighted by Gasteiger charge is 2.46. The Hall–Kier alpha value is -2.26. The van der Waals surface area contributed by atoms with Crippen molar-refractivity contribution in [2.75, 3.05) is 19.9 Å². The fraction of sp³-hybridized carbons (Fsp3) is 0.524. The van der Waals surface area contributed by atoms with Gasteiger partial charge in [0.25, 0.3) is 11.8 Å². The first-order chi connectivity index (χ1) is 15.8. The Morgan fingerprint density at radius 1 is 0.848 bits per heavy atom. The van der Waals surface area contributed by atoms with E-state index in [4.69, 9.17) is 18.9 Å². The molecule has 0 bridgehead atoms. The van der Waals surface area contributed by atoms with Crippen molar-refractivity contribution in [1.29, 1.82) is 0 Å². The Bertz CT molecular complexity index is 871. The van der Waals surface area contributed by atoms with E-state index in [0.29, 0.717) is 0 Å². The molecule has 5 N–H and O–H groups in total. The molecule has 1 fully saturated rings. The van der Waals surface area contributed by atoms with Crippen LogP contribution >= 0.6 is 0 Å². The number of carbonyl (C=O) groups is 2. The van der Waals surface area contributed by atoms with Crippen molar-refractivity contribution in [3.8, 4) is 0 Å². The molecule has 2 amide bonds. The lowest BCUT2D eigenvalue weighted by Crippen LogP contribution is -2.60. The van der Waals surface area contributed by atoms with Gasteiger partial charge in [-0.3, -0.25) is 9.59 Å². The number of fused-ring (bicyclic) bond motifs is 1. The predicted octanol–water partition coefficient (Wildman–Crippen LogP) is -2.28. The highest BCUT2D eigenvalue weighted by molar-refractivity contribution is 6.21. The van der Waals surface area contributed by atoms with Gasteiger partial charge in [-0.2, -0.15) is 0 Å². The lowest BCUT2D eigenvalue weighted by molar-refractivity contribution is -0.319. The zero-order chi connectivity index (χ0) is 23.7. The second kappa shape index (κ2) is 9.93. The number of hydrogen-bond acceptors (Lipinski definition) is 11. The van der Waals surface area contributed by atoms with Crippen molar-refractivity contribution in [2.24, 2.45) is 0 Å². The highest BCUT2D eigenvalue weighted by Crippen LogP contribution is 2.27. The van der Waals surface area contributed by atoms with E-state index in [0.717, 1.165) is 4.90 Å². The van der Waals surface area contributed by atoms with Gasteiger partial charge in [0.15, 0.2) is 12.6 Å². The first-order valence-electron chi connectivity index (χ1n) is 10.3. The molecule has 3 aliphatic heterocycles. The molecule has 1 saturated heterocycles. The van der Waals surface area contributed by atoms with Crippen LogP contribution in [0.3, 0.4) is 0 Å². The van der Waals surface area contributed by atoms with Crippen molar-refractivity contribution < 1.29 is 54.1 Å². The standard InChI is InChI=1S/C21H25NO11/c23-7-13-12(32-21-18(27)17(26)16(25)14(8-24)33-21)5-6-15(31-13)30-9-22-19(28)10-3-1-2-4-11(10)20(22)29/h1-6,12-18,21,23-27H,7-9H2/t12-,13+,14+,15-,16-,17-,18+,21+/m0/s1. The molecule has 0 saturated carbocycles. The van der Waals surface area contributed by atoms with Gasteiger partial charge in [0.05, 0.1) is 24.3 Å². The van der Waals surface area contributed by atoms with Crippen LogP contribution < -0.4 is 0 Å². The van der Waals surface area contributed by atoms with Crippen LogP contribution in [0.2, 0.25) is 0 Å². The van der Waals surface area contributed by atoms with Gasteiger partial charge in [0.2, 0.25) is 0 Å². The van der Waals surface area contributed by atoms with Gasteiger partial charge in [-0.15, -0.1) is 0 Å². The van der Waals surface area contributed by atoms with Crippen molar-refractivity contribution in [2.45, 2.75) is 49.2 Å². The largest absolute Gasteiger partial charge is 0.394 e. The number of amides is 2. The van der Waals surface area contributed by atoms with Crippen LogP contribution in [0.15, 0.2) is 36.4 Å². The van der Waals surface area contributed by atoms with Crippen LogP contribution in [0.1, 0.15) is 20.7 Å². The normalized spacial score (nSPS) is 36.3. The van der Waals surface area contributed by atoms with Crippen LogP contribution in [-0.2, 0) is 18.9 Å². The third kappa shape index (κ3) is 4.57. The number of ether oxygens (including phenoxy) is 4. The molecule has 12 nitrogen and oxygen atoms in total. The highest BCUT2D eigenvalue weighted by atomic mass is 16.7. The average Bonchev–Trinajstić information content (AvgIpc) is 3.08. The van der Waals surface area contributed by atoms with Crippen LogP contribution in [0.5, 0.6) is 0 Å². The maximum absolute atomic E-state index is 12.4. The zero-order valence-electron chi connectivity index (χ0n) is 17.3. The van der Waals surface area contributed by atoms with Crippen molar-refractivity contribution in [3.63, 3.8) is 0 Å². The van der Waals surface area contributed by atoms with E-state index in [1.54, 1.807) is 24.3 Å². The van der Waals surface area contributed by atoms with Crippen LogP contribution in [0, 0.1) is 0 Å². The van der Waals surface area contributed by atoms with Crippen LogP contribution in [0.25, 0.3) is 0 Å². The summed E-state index contributed by atoms with van der Waals surface area (Å²) in [7, 11) is 0. The van der Waals surface area contributed by atoms with Gasteiger partial charge in [-0.05, 0) is 18.2 Å². The molecule has 0 aromatic heterocycles. The topological polar surface area (TPSA) is 175 Å². The molecule has 33 heavy (non-hydrogen) atoms.